The highest BCUT2D eigenvalue weighted by atomic mass is 32.1. The normalized spacial score (nSPS) is 12.8. The molecule has 1 N–H and O–H groups in total. The van der Waals surface area contributed by atoms with Gasteiger partial charge in [0.2, 0.25) is 0 Å². The van der Waals surface area contributed by atoms with E-state index in [0.29, 0.717) is 10.9 Å². The highest BCUT2D eigenvalue weighted by Gasteiger charge is 2.34. The molecule has 0 radical (unpaired) electrons. The van der Waals surface area contributed by atoms with Crippen molar-refractivity contribution in [2.24, 2.45) is 5.41 Å². The Balaban J connectivity index is 2.52. The van der Waals surface area contributed by atoms with Crippen molar-refractivity contribution in [3.05, 3.63) is 34.7 Å². The van der Waals surface area contributed by atoms with Crippen molar-refractivity contribution in [3.8, 4) is 0 Å². The van der Waals surface area contributed by atoms with Crippen LogP contribution < -0.4 is 0 Å². The maximum absolute atomic E-state index is 12.9. The Labute approximate surface area is 117 Å². The first-order valence-electron chi connectivity index (χ1n) is 5.92. The molecule has 0 spiro atoms. The number of alkyl halides is 3. The number of hydrogen-bond donors (Lipinski definition) is 1. The van der Waals surface area contributed by atoms with Crippen molar-refractivity contribution in [2.45, 2.75) is 26.4 Å². The fourth-order valence-electron chi connectivity index (χ4n) is 2.02. The van der Waals surface area contributed by atoms with Crippen molar-refractivity contribution in [2.75, 3.05) is 0 Å². The molecule has 0 unspecified atom stereocenters. The number of carbonyl (C=O) groups is 1. The highest BCUT2D eigenvalue weighted by Crippen LogP contribution is 2.40. The van der Waals surface area contributed by atoms with Gasteiger partial charge in [0, 0.05) is 4.70 Å². The maximum Gasteiger partial charge on any atom is 0.417 e. The van der Waals surface area contributed by atoms with Crippen LogP contribution >= 0.6 is 11.3 Å². The molecule has 0 saturated heterocycles. The van der Waals surface area contributed by atoms with Crippen molar-refractivity contribution >= 4 is 27.4 Å². The smallest absolute Gasteiger partial charge is 0.417 e. The second kappa shape index (κ2) is 4.77. The van der Waals surface area contributed by atoms with Crippen LogP contribution in [0.2, 0.25) is 0 Å². The van der Waals surface area contributed by atoms with Crippen LogP contribution in [0.4, 0.5) is 13.2 Å². The molecule has 6 heteroatoms. The molecule has 20 heavy (non-hydrogen) atoms. The van der Waals surface area contributed by atoms with E-state index >= 15 is 0 Å². The third-order valence-electron chi connectivity index (χ3n) is 3.20. The van der Waals surface area contributed by atoms with Crippen LogP contribution in [-0.4, -0.2) is 11.1 Å². The lowest BCUT2D eigenvalue weighted by Gasteiger charge is -2.18. The summed E-state index contributed by atoms with van der Waals surface area (Å²) in [7, 11) is 0. The van der Waals surface area contributed by atoms with Crippen LogP contribution in [0.1, 0.15) is 25.0 Å². The van der Waals surface area contributed by atoms with Gasteiger partial charge in [-0.1, -0.05) is 12.1 Å². The van der Waals surface area contributed by atoms with Gasteiger partial charge >= 0.3 is 12.1 Å². The second-order valence-electron chi connectivity index (χ2n) is 5.31. The minimum atomic E-state index is -4.40. The summed E-state index contributed by atoms with van der Waals surface area (Å²) in [6, 6.07) is 4.01. The van der Waals surface area contributed by atoms with E-state index in [1.165, 1.54) is 6.07 Å². The molecular formula is C14H13F3O2S. The van der Waals surface area contributed by atoms with E-state index in [2.05, 4.69) is 0 Å². The highest BCUT2D eigenvalue weighted by molar-refractivity contribution is 7.17. The molecule has 2 aromatic rings. The van der Waals surface area contributed by atoms with E-state index in [1.807, 2.05) is 0 Å². The van der Waals surface area contributed by atoms with E-state index in [-0.39, 0.29) is 11.1 Å². The topological polar surface area (TPSA) is 37.3 Å². The molecule has 0 saturated carbocycles. The quantitative estimate of drug-likeness (QED) is 0.901. The lowest BCUT2D eigenvalue weighted by atomic mass is 9.86. The minimum Gasteiger partial charge on any atom is -0.481 e. The first-order valence-corrected chi connectivity index (χ1v) is 6.80. The first-order chi connectivity index (χ1) is 9.13. The Hall–Kier alpha value is -1.56. The Morgan fingerprint density at radius 2 is 1.95 bits per heavy atom. The van der Waals surface area contributed by atoms with Crippen LogP contribution in [0.15, 0.2) is 23.6 Å². The van der Waals surface area contributed by atoms with Gasteiger partial charge in [-0.3, -0.25) is 4.79 Å². The number of rotatable bonds is 3. The van der Waals surface area contributed by atoms with Crippen LogP contribution in [0.25, 0.3) is 10.1 Å². The molecule has 2 rings (SSSR count). The summed E-state index contributed by atoms with van der Waals surface area (Å²) >= 11 is 1.01. The van der Waals surface area contributed by atoms with E-state index < -0.39 is 23.1 Å². The molecule has 1 aromatic heterocycles. The lowest BCUT2D eigenvalue weighted by molar-refractivity contribution is -0.146. The number of halogens is 3. The zero-order valence-corrected chi connectivity index (χ0v) is 11.7. The minimum absolute atomic E-state index is 0.163. The molecule has 0 amide bonds. The third kappa shape index (κ3) is 2.65. The predicted octanol–water partition coefficient (Wildman–Crippen LogP) is 4.57. The molecule has 0 bridgehead atoms. The van der Waals surface area contributed by atoms with E-state index in [9.17, 15) is 18.0 Å². The summed E-state index contributed by atoms with van der Waals surface area (Å²) in [5, 5.41) is 11.2. The number of carboxylic acids is 1. The van der Waals surface area contributed by atoms with Gasteiger partial charge in [0.25, 0.3) is 0 Å². The van der Waals surface area contributed by atoms with Crippen molar-refractivity contribution in [1.29, 1.82) is 0 Å². The number of carboxylic acid groups (broad SMARTS) is 1. The predicted molar refractivity (Wildman–Crippen MR) is 71.9 cm³/mol. The van der Waals surface area contributed by atoms with Gasteiger partial charge in [0.1, 0.15) is 0 Å². The van der Waals surface area contributed by atoms with E-state index in [1.54, 1.807) is 25.3 Å². The Morgan fingerprint density at radius 3 is 2.50 bits per heavy atom. The summed E-state index contributed by atoms with van der Waals surface area (Å²) in [6.45, 7) is 3.12. The van der Waals surface area contributed by atoms with Crippen molar-refractivity contribution in [1.82, 2.24) is 0 Å². The number of thiophene rings is 1. The summed E-state index contributed by atoms with van der Waals surface area (Å²) in [6.07, 6.45) is -4.20. The van der Waals surface area contributed by atoms with Gasteiger partial charge in [0.05, 0.1) is 11.0 Å². The summed E-state index contributed by atoms with van der Waals surface area (Å²) < 4.78 is 38.9. The summed E-state index contributed by atoms with van der Waals surface area (Å²) in [4.78, 5) is 11.1. The first kappa shape index (κ1) is 14.8. The Kier molecular flexibility index (Phi) is 3.54. The van der Waals surface area contributed by atoms with Crippen molar-refractivity contribution < 1.29 is 23.1 Å². The van der Waals surface area contributed by atoms with Crippen LogP contribution in [0, 0.1) is 5.41 Å². The van der Waals surface area contributed by atoms with Crippen LogP contribution in [0.5, 0.6) is 0 Å². The fourth-order valence-corrected chi connectivity index (χ4v) is 3.13. The van der Waals surface area contributed by atoms with Gasteiger partial charge in [0.15, 0.2) is 0 Å². The molecular weight excluding hydrogens is 289 g/mol. The SMILES string of the molecule is CC(C)(Cc1csc2c(C(F)(F)F)cccc12)C(=O)O. The molecule has 1 heterocycles. The average molecular weight is 302 g/mol. The zero-order valence-electron chi connectivity index (χ0n) is 10.9. The molecule has 0 fully saturated rings. The third-order valence-corrected chi connectivity index (χ3v) is 4.27. The van der Waals surface area contributed by atoms with Crippen LogP contribution in [-0.2, 0) is 17.4 Å². The Morgan fingerprint density at radius 1 is 1.30 bits per heavy atom. The molecule has 1 aromatic carbocycles. The van der Waals surface area contributed by atoms with Gasteiger partial charge in [-0.2, -0.15) is 13.2 Å². The number of benzene rings is 1. The number of aliphatic carboxylic acids is 1. The average Bonchev–Trinajstić information content (AvgIpc) is 2.70. The summed E-state index contributed by atoms with van der Waals surface area (Å²) in [5.74, 6) is -0.969. The Bertz CT molecular complexity index is 656. The molecule has 108 valence electrons. The standard InChI is InChI=1S/C14H13F3O2S/c1-13(2,12(18)19)6-8-7-20-11-9(8)4-3-5-10(11)14(15,16)17/h3-5,7H,6H2,1-2H3,(H,18,19). The maximum atomic E-state index is 12.9. The van der Waals surface area contributed by atoms with Crippen LogP contribution in [0.3, 0.4) is 0 Å². The fraction of sp³-hybridized carbons (Fsp3) is 0.357. The van der Waals surface area contributed by atoms with Gasteiger partial charge in [-0.15, -0.1) is 11.3 Å². The molecule has 0 aliphatic rings. The second-order valence-corrected chi connectivity index (χ2v) is 6.19. The monoisotopic (exact) mass is 302 g/mol. The van der Waals surface area contributed by atoms with Crippen molar-refractivity contribution in [3.63, 3.8) is 0 Å². The van der Waals surface area contributed by atoms with Gasteiger partial charge in [-0.05, 0) is 42.7 Å². The molecule has 0 atom stereocenters. The van der Waals surface area contributed by atoms with Gasteiger partial charge < -0.3 is 5.11 Å². The lowest BCUT2D eigenvalue weighted by Crippen LogP contribution is -2.26. The molecule has 2 nitrogen and oxygen atoms in total. The largest absolute Gasteiger partial charge is 0.481 e. The summed E-state index contributed by atoms with van der Waals surface area (Å²) in [5.41, 5.74) is -1.04. The number of fused-ring (bicyclic) bond motifs is 1. The van der Waals surface area contributed by atoms with E-state index in [0.717, 1.165) is 17.4 Å². The number of hydrogen-bond acceptors (Lipinski definition) is 2. The van der Waals surface area contributed by atoms with E-state index in [4.69, 9.17) is 5.11 Å². The van der Waals surface area contributed by atoms with Gasteiger partial charge in [-0.25, -0.2) is 0 Å². The molecule has 0 aliphatic carbocycles. The zero-order chi connectivity index (χ0) is 15.1. The molecule has 0 aliphatic heterocycles.